The highest BCUT2D eigenvalue weighted by Gasteiger charge is 2.29. The van der Waals surface area contributed by atoms with Crippen molar-refractivity contribution < 1.29 is 14.0 Å². The predicted octanol–water partition coefficient (Wildman–Crippen LogP) is 6.44. The van der Waals surface area contributed by atoms with Gasteiger partial charge in [0.15, 0.2) is 0 Å². The van der Waals surface area contributed by atoms with Gasteiger partial charge in [0.2, 0.25) is 0 Å². The van der Waals surface area contributed by atoms with Gasteiger partial charge in [-0.3, -0.25) is 9.59 Å². The zero-order valence-electron chi connectivity index (χ0n) is 19.4. The molecule has 1 heterocycles. The topological polar surface area (TPSA) is 49.4 Å². The lowest BCUT2D eigenvalue weighted by Crippen LogP contribution is -2.33. The third-order valence-electron chi connectivity index (χ3n) is 5.85. The molecule has 4 aromatic rings. The number of amides is 2. The highest BCUT2D eigenvalue weighted by Crippen LogP contribution is 2.42. The Morgan fingerprint density at radius 1 is 0.833 bits per heavy atom. The van der Waals surface area contributed by atoms with Crippen molar-refractivity contribution in [1.82, 2.24) is 5.32 Å². The molecular weight excluding hydrogens is 471 g/mol. The fourth-order valence-corrected chi connectivity index (χ4v) is 5.01. The molecule has 0 spiro atoms. The number of anilines is 1. The van der Waals surface area contributed by atoms with E-state index in [2.05, 4.69) is 5.32 Å². The standard InChI is InChI=1S/C30H23FN2O2S/c31-25-16-12-23(13-17-25)20-33-26-8-4-5-9-27(26)36-28(30(33)35)18-21-10-14-24(15-11-21)29(34)32-19-22-6-2-1-3-7-22/h1-18H,19-20H2,(H,32,34). The van der Waals surface area contributed by atoms with E-state index in [1.807, 2.05) is 72.8 Å². The Hall–Kier alpha value is -4.16. The van der Waals surface area contributed by atoms with Crippen LogP contribution in [-0.4, -0.2) is 11.8 Å². The maximum atomic E-state index is 13.5. The van der Waals surface area contributed by atoms with Gasteiger partial charge in [-0.05, 0) is 59.2 Å². The Morgan fingerprint density at radius 2 is 1.53 bits per heavy atom. The van der Waals surface area contributed by atoms with Crippen molar-refractivity contribution in [2.75, 3.05) is 4.90 Å². The number of thioether (sulfide) groups is 1. The first-order valence-electron chi connectivity index (χ1n) is 11.5. The van der Waals surface area contributed by atoms with Gasteiger partial charge < -0.3 is 10.2 Å². The van der Waals surface area contributed by atoms with Crippen molar-refractivity contribution >= 4 is 35.3 Å². The lowest BCUT2D eigenvalue weighted by Gasteiger charge is -2.30. The van der Waals surface area contributed by atoms with Crippen LogP contribution in [0.25, 0.3) is 6.08 Å². The maximum absolute atomic E-state index is 13.5. The summed E-state index contributed by atoms with van der Waals surface area (Å²) < 4.78 is 13.4. The summed E-state index contributed by atoms with van der Waals surface area (Å²) in [4.78, 5) is 29.3. The van der Waals surface area contributed by atoms with E-state index in [0.29, 0.717) is 23.6 Å². The largest absolute Gasteiger partial charge is 0.348 e. The predicted molar refractivity (Wildman–Crippen MR) is 142 cm³/mol. The summed E-state index contributed by atoms with van der Waals surface area (Å²) in [5, 5.41) is 2.92. The molecule has 178 valence electrons. The number of hydrogen-bond acceptors (Lipinski definition) is 3. The molecular formula is C30H23FN2O2S. The molecule has 0 atom stereocenters. The highest BCUT2D eigenvalue weighted by molar-refractivity contribution is 8.04. The van der Waals surface area contributed by atoms with Gasteiger partial charge in [-0.15, -0.1) is 0 Å². The number of fused-ring (bicyclic) bond motifs is 1. The average molecular weight is 495 g/mol. The van der Waals surface area contributed by atoms with Crippen molar-refractivity contribution in [2.45, 2.75) is 18.0 Å². The fraction of sp³-hybridized carbons (Fsp3) is 0.0667. The molecule has 0 saturated carbocycles. The molecule has 2 amide bonds. The zero-order chi connectivity index (χ0) is 24.9. The summed E-state index contributed by atoms with van der Waals surface area (Å²) in [5.74, 6) is -0.578. The molecule has 0 radical (unpaired) electrons. The smallest absolute Gasteiger partial charge is 0.265 e. The molecule has 4 aromatic carbocycles. The molecule has 0 aromatic heterocycles. The summed E-state index contributed by atoms with van der Waals surface area (Å²) in [6.45, 7) is 0.800. The summed E-state index contributed by atoms with van der Waals surface area (Å²) in [6, 6.07) is 30.9. The van der Waals surface area contributed by atoms with E-state index in [4.69, 9.17) is 0 Å². The van der Waals surface area contributed by atoms with Crippen molar-refractivity contribution in [2.24, 2.45) is 0 Å². The van der Waals surface area contributed by atoms with Crippen LogP contribution in [0.2, 0.25) is 0 Å². The molecule has 0 unspecified atom stereocenters. The number of carbonyl (C=O) groups is 2. The average Bonchev–Trinajstić information content (AvgIpc) is 2.92. The van der Waals surface area contributed by atoms with E-state index < -0.39 is 0 Å². The molecule has 1 aliphatic heterocycles. The van der Waals surface area contributed by atoms with Crippen LogP contribution in [-0.2, 0) is 17.9 Å². The third kappa shape index (κ3) is 5.39. The van der Waals surface area contributed by atoms with Crippen LogP contribution in [0.5, 0.6) is 0 Å². The second kappa shape index (κ2) is 10.6. The SMILES string of the molecule is O=C(NCc1ccccc1)c1ccc(C=C2Sc3ccccc3N(Cc3ccc(F)cc3)C2=O)cc1. The Bertz CT molecular complexity index is 1420. The Labute approximate surface area is 213 Å². The molecule has 0 fully saturated rings. The van der Waals surface area contributed by atoms with E-state index in [1.165, 1.54) is 23.9 Å². The number of benzene rings is 4. The minimum Gasteiger partial charge on any atom is -0.348 e. The van der Waals surface area contributed by atoms with Crippen molar-refractivity contribution in [1.29, 1.82) is 0 Å². The minimum atomic E-state index is -0.308. The molecule has 1 N–H and O–H groups in total. The molecule has 0 aliphatic carbocycles. The summed E-state index contributed by atoms with van der Waals surface area (Å²) >= 11 is 1.42. The number of halogens is 1. The van der Waals surface area contributed by atoms with Gasteiger partial charge in [0.05, 0.1) is 17.1 Å². The monoisotopic (exact) mass is 494 g/mol. The van der Waals surface area contributed by atoms with Gasteiger partial charge in [-0.25, -0.2) is 4.39 Å². The number of hydrogen-bond donors (Lipinski definition) is 1. The molecule has 6 heteroatoms. The van der Waals surface area contributed by atoms with Crippen LogP contribution in [0.15, 0.2) is 113 Å². The number of rotatable bonds is 6. The lowest BCUT2D eigenvalue weighted by atomic mass is 10.1. The van der Waals surface area contributed by atoms with Gasteiger partial charge in [-0.1, -0.05) is 78.5 Å². The highest BCUT2D eigenvalue weighted by atomic mass is 32.2. The van der Waals surface area contributed by atoms with Crippen LogP contribution in [0.1, 0.15) is 27.0 Å². The molecule has 5 rings (SSSR count). The second-order valence-electron chi connectivity index (χ2n) is 8.39. The quantitative estimate of drug-likeness (QED) is 0.314. The fourth-order valence-electron chi connectivity index (χ4n) is 3.95. The van der Waals surface area contributed by atoms with Crippen molar-refractivity contribution in [3.8, 4) is 0 Å². The maximum Gasteiger partial charge on any atom is 0.265 e. The van der Waals surface area contributed by atoms with E-state index in [9.17, 15) is 14.0 Å². The van der Waals surface area contributed by atoms with E-state index in [1.54, 1.807) is 29.2 Å². The van der Waals surface area contributed by atoms with E-state index in [0.717, 1.165) is 27.3 Å². The van der Waals surface area contributed by atoms with Crippen LogP contribution in [0, 0.1) is 5.82 Å². The molecule has 4 nitrogen and oxygen atoms in total. The van der Waals surface area contributed by atoms with E-state index >= 15 is 0 Å². The van der Waals surface area contributed by atoms with Gasteiger partial charge in [0.25, 0.3) is 11.8 Å². The number of nitrogens with zero attached hydrogens (tertiary/aromatic N) is 1. The third-order valence-corrected chi connectivity index (χ3v) is 6.93. The zero-order valence-corrected chi connectivity index (χ0v) is 20.2. The van der Waals surface area contributed by atoms with Gasteiger partial charge in [0.1, 0.15) is 5.82 Å². The van der Waals surface area contributed by atoms with Gasteiger partial charge >= 0.3 is 0 Å². The van der Waals surface area contributed by atoms with E-state index in [-0.39, 0.29) is 17.6 Å². The molecule has 1 aliphatic rings. The van der Waals surface area contributed by atoms with Crippen LogP contribution >= 0.6 is 11.8 Å². The van der Waals surface area contributed by atoms with Crippen molar-refractivity contribution in [3.05, 3.63) is 136 Å². The lowest BCUT2D eigenvalue weighted by molar-refractivity contribution is -0.114. The number of carbonyl (C=O) groups excluding carboxylic acids is 2. The first-order valence-corrected chi connectivity index (χ1v) is 12.4. The minimum absolute atomic E-state index is 0.118. The Balaban J connectivity index is 1.34. The molecule has 0 saturated heterocycles. The second-order valence-corrected chi connectivity index (χ2v) is 9.47. The first kappa shape index (κ1) is 23.6. The van der Waals surface area contributed by atoms with Crippen molar-refractivity contribution in [3.63, 3.8) is 0 Å². The molecule has 0 bridgehead atoms. The van der Waals surface area contributed by atoms with Gasteiger partial charge in [-0.2, -0.15) is 0 Å². The normalized spacial score (nSPS) is 14.0. The molecule has 36 heavy (non-hydrogen) atoms. The first-order chi connectivity index (χ1) is 17.6. The Morgan fingerprint density at radius 3 is 2.28 bits per heavy atom. The van der Waals surface area contributed by atoms with Crippen LogP contribution in [0.4, 0.5) is 10.1 Å². The number of nitrogens with one attached hydrogen (secondary N) is 1. The van der Waals surface area contributed by atoms with Crippen LogP contribution < -0.4 is 10.2 Å². The number of para-hydroxylation sites is 1. The summed E-state index contributed by atoms with van der Waals surface area (Å²) in [7, 11) is 0. The van der Waals surface area contributed by atoms with Gasteiger partial charge in [0, 0.05) is 17.0 Å². The summed E-state index contributed by atoms with van der Waals surface area (Å²) in [6.07, 6.45) is 1.84. The summed E-state index contributed by atoms with van der Waals surface area (Å²) in [5.41, 5.74) is 4.09. The Kier molecular flexibility index (Phi) is 6.96. The van der Waals surface area contributed by atoms with Crippen LogP contribution in [0.3, 0.4) is 0 Å².